The summed E-state index contributed by atoms with van der Waals surface area (Å²) in [5.74, 6) is 0. The van der Waals surface area contributed by atoms with E-state index in [0.29, 0.717) is 11.0 Å². The molecule has 5 nitrogen and oxygen atoms in total. The van der Waals surface area contributed by atoms with E-state index in [1.54, 1.807) is 0 Å². The van der Waals surface area contributed by atoms with Gasteiger partial charge >= 0.3 is 7.82 Å². The first-order valence-electron chi connectivity index (χ1n) is 5.75. The molecule has 1 aliphatic carbocycles. The van der Waals surface area contributed by atoms with E-state index in [1.165, 1.54) is 0 Å². The van der Waals surface area contributed by atoms with Gasteiger partial charge < -0.3 is 9.38 Å². The Kier molecular flexibility index (Phi) is 4.95. The Hall–Kier alpha value is 0.0700. The fourth-order valence-electron chi connectivity index (χ4n) is 1.64. The fourth-order valence-corrected chi connectivity index (χ4v) is 2.60. The predicted molar refractivity (Wildman–Crippen MR) is 62.0 cm³/mol. The summed E-state index contributed by atoms with van der Waals surface area (Å²) in [6.07, 6.45) is 3.78. The van der Waals surface area contributed by atoms with Crippen LogP contribution >= 0.6 is 7.82 Å². The van der Waals surface area contributed by atoms with Gasteiger partial charge in [0.05, 0.1) is 27.2 Å². The lowest BCUT2D eigenvalue weighted by molar-refractivity contribution is -0.870. The summed E-state index contributed by atoms with van der Waals surface area (Å²) >= 11 is 0. The van der Waals surface area contributed by atoms with E-state index in [0.717, 1.165) is 25.7 Å². The molecule has 1 unspecified atom stereocenters. The molecule has 6 heteroatoms. The average molecular weight is 252 g/mol. The van der Waals surface area contributed by atoms with Gasteiger partial charge in [-0.25, -0.2) is 4.57 Å². The minimum absolute atomic E-state index is 0.0973. The third kappa shape index (κ3) is 5.97. The second-order valence-corrected chi connectivity index (χ2v) is 6.73. The lowest BCUT2D eigenvalue weighted by Crippen LogP contribution is -2.37. The van der Waals surface area contributed by atoms with Crippen molar-refractivity contribution in [2.45, 2.75) is 31.8 Å². The van der Waals surface area contributed by atoms with Crippen LogP contribution in [-0.2, 0) is 13.6 Å². The summed E-state index contributed by atoms with van der Waals surface area (Å²) in [6, 6.07) is 0. The maximum absolute atomic E-state index is 11.6. The SMILES string of the molecule is C[N+](C)(C)CCOP(=O)(O)OC1CCCC1. The van der Waals surface area contributed by atoms with Crippen LogP contribution in [0.4, 0.5) is 0 Å². The van der Waals surface area contributed by atoms with Crippen LogP contribution in [0.5, 0.6) is 0 Å². The van der Waals surface area contributed by atoms with E-state index < -0.39 is 7.82 Å². The first kappa shape index (κ1) is 14.1. The Morgan fingerprint density at radius 1 is 1.31 bits per heavy atom. The molecule has 1 N–H and O–H groups in total. The molecule has 1 rings (SSSR count). The summed E-state index contributed by atoms with van der Waals surface area (Å²) in [7, 11) is 2.17. The molecule has 0 saturated heterocycles. The maximum atomic E-state index is 11.6. The van der Waals surface area contributed by atoms with Gasteiger partial charge in [-0.3, -0.25) is 9.05 Å². The second kappa shape index (κ2) is 5.61. The first-order chi connectivity index (χ1) is 7.29. The van der Waals surface area contributed by atoms with Crippen LogP contribution in [-0.4, -0.2) is 49.8 Å². The standard InChI is InChI=1S/C10H22NO4P/c1-11(2,3)8-9-14-16(12,13)15-10-6-4-5-7-10/h10H,4-9H2,1-3H3/p+1. The molecule has 16 heavy (non-hydrogen) atoms. The number of phosphoric ester groups is 1. The second-order valence-electron chi connectivity index (χ2n) is 5.33. The number of hydrogen-bond acceptors (Lipinski definition) is 3. The van der Waals surface area contributed by atoms with E-state index in [2.05, 4.69) is 0 Å². The summed E-state index contributed by atoms with van der Waals surface area (Å²) in [6.45, 7) is 0.919. The highest BCUT2D eigenvalue weighted by Crippen LogP contribution is 2.46. The van der Waals surface area contributed by atoms with Crippen LogP contribution < -0.4 is 0 Å². The van der Waals surface area contributed by atoms with Crippen LogP contribution in [0.2, 0.25) is 0 Å². The molecule has 0 radical (unpaired) electrons. The maximum Gasteiger partial charge on any atom is 0.472 e. The zero-order valence-electron chi connectivity index (χ0n) is 10.4. The van der Waals surface area contributed by atoms with Gasteiger partial charge in [0.2, 0.25) is 0 Å². The number of likely N-dealkylation sites (N-methyl/N-ethyl adjacent to an activating group) is 1. The minimum atomic E-state index is -3.84. The Labute approximate surface area is 97.6 Å². The van der Waals surface area contributed by atoms with E-state index in [1.807, 2.05) is 21.1 Å². The predicted octanol–water partition coefficient (Wildman–Crippen LogP) is 1.77. The van der Waals surface area contributed by atoms with Crippen LogP contribution in [0.1, 0.15) is 25.7 Å². The molecule has 1 atom stereocenters. The van der Waals surface area contributed by atoms with Gasteiger partial charge in [-0.15, -0.1) is 0 Å². The van der Waals surface area contributed by atoms with Gasteiger partial charge in [-0.2, -0.15) is 0 Å². The van der Waals surface area contributed by atoms with E-state index >= 15 is 0 Å². The third-order valence-corrected chi connectivity index (χ3v) is 3.67. The average Bonchev–Trinajstić information content (AvgIpc) is 2.52. The van der Waals surface area contributed by atoms with Crippen molar-refractivity contribution in [1.82, 2.24) is 0 Å². The van der Waals surface area contributed by atoms with Crippen molar-refractivity contribution in [3.05, 3.63) is 0 Å². The van der Waals surface area contributed by atoms with Crippen LogP contribution in [0, 0.1) is 0 Å². The van der Waals surface area contributed by atoms with Crippen molar-refractivity contribution in [2.24, 2.45) is 0 Å². The van der Waals surface area contributed by atoms with Gasteiger partial charge in [0.15, 0.2) is 0 Å². The van der Waals surface area contributed by atoms with Crippen LogP contribution in [0.15, 0.2) is 0 Å². The lowest BCUT2D eigenvalue weighted by Gasteiger charge is -2.24. The van der Waals surface area contributed by atoms with Crippen molar-refractivity contribution in [3.8, 4) is 0 Å². The van der Waals surface area contributed by atoms with Gasteiger partial charge in [0.1, 0.15) is 13.2 Å². The number of phosphoric acid groups is 1. The molecule has 0 aliphatic heterocycles. The summed E-state index contributed by atoms with van der Waals surface area (Å²) < 4.78 is 22.3. The van der Waals surface area contributed by atoms with Crippen LogP contribution in [0.25, 0.3) is 0 Å². The highest BCUT2D eigenvalue weighted by molar-refractivity contribution is 7.47. The van der Waals surface area contributed by atoms with Crippen molar-refractivity contribution >= 4 is 7.82 Å². The quantitative estimate of drug-likeness (QED) is 0.578. The number of quaternary nitrogens is 1. The molecule has 0 spiro atoms. The molecule has 1 saturated carbocycles. The minimum Gasteiger partial charge on any atom is -0.329 e. The molecule has 96 valence electrons. The molecule has 1 aliphatic rings. The topological polar surface area (TPSA) is 55.8 Å². The molecular formula is C10H23NO4P+. The summed E-state index contributed by atoms with van der Waals surface area (Å²) in [5, 5.41) is 0. The largest absolute Gasteiger partial charge is 0.472 e. The highest BCUT2D eigenvalue weighted by atomic mass is 31.2. The smallest absolute Gasteiger partial charge is 0.329 e. The zero-order valence-corrected chi connectivity index (χ0v) is 11.3. The number of hydrogen-bond donors (Lipinski definition) is 1. The van der Waals surface area contributed by atoms with Gasteiger partial charge in [0.25, 0.3) is 0 Å². The van der Waals surface area contributed by atoms with Crippen molar-refractivity contribution < 1.29 is 23.0 Å². The summed E-state index contributed by atoms with van der Waals surface area (Å²) in [4.78, 5) is 9.48. The van der Waals surface area contributed by atoms with Crippen LogP contribution in [0.3, 0.4) is 0 Å². The van der Waals surface area contributed by atoms with E-state index in [4.69, 9.17) is 9.05 Å². The Balaban J connectivity index is 2.25. The molecule has 0 heterocycles. The van der Waals surface area contributed by atoms with Gasteiger partial charge in [-0.1, -0.05) is 12.8 Å². The lowest BCUT2D eigenvalue weighted by atomic mass is 10.3. The number of rotatable bonds is 6. The Morgan fingerprint density at radius 3 is 2.38 bits per heavy atom. The monoisotopic (exact) mass is 252 g/mol. The fraction of sp³-hybridized carbons (Fsp3) is 1.00. The number of nitrogens with zero attached hydrogens (tertiary/aromatic N) is 1. The Morgan fingerprint density at radius 2 is 1.88 bits per heavy atom. The van der Waals surface area contributed by atoms with E-state index in [-0.39, 0.29) is 12.7 Å². The molecule has 0 aromatic heterocycles. The highest BCUT2D eigenvalue weighted by Gasteiger charge is 2.29. The van der Waals surface area contributed by atoms with E-state index in [9.17, 15) is 9.46 Å². The van der Waals surface area contributed by atoms with Crippen molar-refractivity contribution in [2.75, 3.05) is 34.3 Å². The summed E-state index contributed by atoms with van der Waals surface area (Å²) in [5.41, 5.74) is 0. The van der Waals surface area contributed by atoms with Gasteiger partial charge in [0, 0.05) is 0 Å². The molecule has 0 aromatic carbocycles. The van der Waals surface area contributed by atoms with Crippen molar-refractivity contribution in [3.63, 3.8) is 0 Å². The normalized spacial score (nSPS) is 22.2. The molecule has 0 bridgehead atoms. The Bertz CT molecular complexity index is 258. The molecule has 0 aromatic rings. The van der Waals surface area contributed by atoms with Gasteiger partial charge in [-0.05, 0) is 12.8 Å². The van der Waals surface area contributed by atoms with Crippen molar-refractivity contribution in [1.29, 1.82) is 0 Å². The molecule has 0 amide bonds. The molecular weight excluding hydrogens is 229 g/mol. The first-order valence-corrected chi connectivity index (χ1v) is 7.24. The molecule has 1 fully saturated rings. The third-order valence-electron chi connectivity index (χ3n) is 2.60. The zero-order chi connectivity index (χ0) is 12.2.